The zero-order valence-electron chi connectivity index (χ0n) is 6.53. The summed E-state index contributed by atoms with van der Waals surface area (Å²) in [4.78, 5) is 7.79. The highest BCUT2D eigenvalue weighted by Gasteiger charge is 2.16. The molecule has 0 aliphatic carbocycles. The number of aromatic nitrogens is 2. The molecule has 0 fully saturated rings. The van der Waals surface area contributed by atoms with Crippen molar-refractivity contribution in [3.8, 4) is 0 Å². The van der Waals surface area contributed by atoms with Gasteiger partial charge in [0.25, 0.3) is 0 Å². The molecule has 0 aliphatic heterocycles. The second kappa shape index (κ2) is 3.98. The molecule has 0 spiro atoms. The Morgan fingerprint density at radius 3 is 2.75 bits per heavy atom. The summed E-state index contributed by atoms with van der Waals surface area (Å²) >= 11 is 3.10. The Kier molecular flexibility index (Phi) is 3.19. The third-order valence-corrected chi connectivity index (χ3v) is 1.87. The summed E-state index contributed by atoms with van der Waals surface area (Å²) in [6.07, 6.45) is 2.05. The summed E-state index contributed by atoms with van der Waals surface area (Å²) in [5.74, 6) is 0. The molecule has 6 heteroatoms. The van der Waals surface area contributed by atoms with Crippen molar-refractivity contribution in [1.29, 1.82) is 0 Å². The Bertz CT molecular complexity index is 282. The zero-order valence-corrected chi connectivity index (χ0v) is 8.11. The minimum absolute atomic E-state index is 0.362. The molecule has 0 saturated heterocycles. The van der Waals surface area contributed by atoms with Crippen LogP contribution in [0.3, 0.4) is 0 Å². The fraction of sp³-hybridized carbons (Fsp3) is 0.333. The van der Waals surface area contributed by atoms with E-state index in [1.807, 2.05) is 6.92 Å². The fourth-order valence-corrected chi connectivity index (χ4v) is 1.22. The van der Waals surface area contributed by atoms with Crippen LogP contribution in [0.5, 0.6) is 0 Å². The second-order valence-corrected chi connectivity index (χ2v) is 2.98. The highest BCUT2D eigenvalue weighted by molar-refractivity contribution is 9.10. The molecular weight excluding hydrogens is 223 g/mol. The first-order valence-electron chi connectivity index (χ1n) is 3.52. The summed E-state index contributed by atoms with van der Waals surface area (Å²) in [5, 5.41) is 17.8. The topological polar surface area (TPSA) is 66.2 Å². The van der Waals surface area contributed by atoms with Crippen LogP contribution in [-0.4, -0.2) is 27.1 Å². The van der Waals surface area contributed by atoms with Crippen LogP contribution >= 0.6 is 15.9 Å². The van der Waals surface area contributed by atoms with E-state index in [0.29, 0.717) is 22.3 Å². The Morgan fingerprint density at radius 2 is 2.25 bits per heavy atom. The lowest BCUT2D eigenvalue weighted by Gasteiger charge is -2.04. The van der Waals surface area contributed by atoms with E-state index in [2.05, 4.69) is 25.9 Å². The van der Waals surface area contributed by atoms with Gasteiger partial charge in [-0.3, -0.25) is 0 Å². The SMILES string of the molecule is CCc1nc(Br)ncc1B(O)O. The molecule has 1 heterocycles. The minimum Gasteiger partial charge on any atom is -0.423 e. The van der Waals surface area contributed by atoms with E-state index >= 15 is 0 Å². The van der Waals surface area contributed by atoms with Crippen LogP contribution in [0.1, 0.15) is 12.6 Å². The molecule has 64 valence electrons. The van der Waals surface area contributed by atoms with Gasteiger partial charge in [0.05, 0.1) is 0 Å². The van der Waals surface area contributed by atoms with Crippen molar-refractivity contribution in [2.45, 2.75) is 13.3 Å². The summed E-state index contributed by atoms with van der Waals surface area (Å²) in [7, 11) is -1.49. The number of halogens is 1. The van der Waals surface area contributed by atoms with Crippen LogP contribution in [0.15, 0.2) is 10.9 Å². The van der Waals surface area contributed by atoms with Gasteiger partial charge in [-0.1, -0.05) is 6.92 Å². The summed E-state index contributed by atoms with van der Waals surface area (Å²) < 4.78 is 0.462. The molecule has 2 N–H and O–H groups in total. The molecule has 0 radical (unpaired) electrons. The van der Waals surface area contributed by atoms with Gasteiger partial charge in [0.1, 0.15) is 0 Å². The van der Waals surface area contributed by atoms with Gasteiger partial charge in [-0.25, -0.2) is 9.97 Å². The lowest BCUT2D eigenvalue weighted by Crippen LogP contribution is -2.34. The zero-order chi connectivity index (χ0) is 9.14. The van der Waals surface area contributed by atoms with Gasteiger partial charge >= 0.3 is 7.12 Å². The van der Waals surface area contributed by atoms with Crippen LogP contribution in [0.25, 0.3) is 0 Å². The van der Waals surface area contributed by atoms with Crippen LogP contribution in [0.2, 0.25) is 0 Å². The standard InChI is InChI=1S/C6H8BBrN2O2/c1-2-5-4(7(11)12)3-9-6(8)10-5/h3,11-12H,2H2,1H3. The molecule has 0 atom stereocenters. The molecule has 0 aromatic carbocycles. The van der Waals surface area contributed by atoms with Gasteiger partial charge in [0, 0.05) is 17.4 Å². The van der Waals surface area contributed by atoms with Crippen molar-refractivity contribution in [1.82, 2.24) is 9.97 Å². The Hall–Kier alpha value is -0.455. The molecule has 12 heavy (non-hydrogen) atoms. The average Bonchev–Trinajstić information content (AvgIpc) is 2.03. The van der Waals surface area contributed by atoms with Crippen molar-refractivity contribution in [3.05, 3.63) is 16.6 Å². The molecule has 1 aromatic heterocycles. The van der Waals surface area contributed by atoms with E-state index < -0.39 is 7.12 Å². The van der Waals surface area contributed by atoms with Crippen LogP contribution < -0.4 is 5.46 Å². The second-order valence-electron chi connectivity index (χ2n) is 2.27. The Balaban J connectivity index is 3.11. The predicted octanol–water partition coefficient (Wildman–Crippen LogP) is -0.519. The van der Waals surface area contributed by atoms with Crippen LogP contribution in [-0.2, 0) is 6.42 Å². The molecule has 0 bridgehead atoms. The van der Waals surface area contributed by atoms with E-state index in [-0.39, 0.29) is 0 Å². The maximum Gasteiger partial charge on any atom is 0.491 e. The maximum atomic E-state index is 8.89. The third kappa shape index (κ3) is 2.03. The Morgan fingerprint density at radius 1 is 1.58 bits per heavy atom. The number of hydrogen-bond acceptors (Lipinski definition) is 4. The fourth-order valence-electron chi connectivity index (χ4n) is 0.901. The van der Waals surface area contributed by atoms with E-state index in [9.17, 15) is 0 Å². The van der Waals surface area contributed by atoms with E-state index in [0.717, 1.165) is 0 Å². The van der Waals surface area contributed by atoms with Crippen LogP contribution in [0.4, 0.5) is 0 Å². The van der Waals surface area contributed by atoms with Gasteiger partial charge < -0.3 is 10.0 Å². The largest absolute Gasteiger partial charge is 0.491 e. The first-order chi connectivity index (χ1) is 5.65. The lowest BCUT2D eigenvalue weighted by atomic mass is 9.79. The molecule has 1 aromatic rings. The van der Waals surface area contributed by atoms with Gasteiger partial charge in [-0.2, -0.15) is 0 Å². The van der Waals surface area contributed by atoms with Gasteiger partial charge in [-0.15, -0.1) is 0 Å². The monoisotopic (exact) mass is 230 g/mol. The van der Waals surface area contributed by atoms with Gasteiger partial charge in [-0.05, 0) is 22.4 Å². The van der Waals surface area contributed by atoms with Crippen molar-refractivity contribution >= 4 is 28.5 Å². The predicted molar refractivity (Wildman–Crippen MR) is 48.9 cm³/mol. The normalized spacial score (nSPS) is 10.0. The van der Waals surface area contributed by atoms with Crippen molar-refractivity contribution in [3.63, 3.8) is 0 Å². The molecule has 0 amide bonds. The lowest BCUT2D eigenvalue weighted by molar-refractivity contribution is 0.425. The molecule has 0 aliphatic rings. The summed E-state index contributed by atoms with van der Waals surface area (Å²) in [5.41, 5.74) is 1.01. The van der Waals surface area contributed by atoms with Crippen LogP contribution in [0, 0.1) is 0 Å². The number of hydrogen-bond donors (Lipinski definition) is 2. The first-order valence-corrected chi connectivity index (χ1v) is 4.32. The highest BCUT2D eigenvalue weighted by atomic mass is 79.9. The van der Waals surface area contributed by atoms with Crippen molar-refractivity contribution < 1.29 is 10.0 Å². The van der Waals surface area contributed by atoms with Gasteiger partial charge in [0.2, 0.25) is 0 Å². The van der Waals surface area contributed by atoms with Crippen molar-refractivity contribution in [2.75, 3.05) is 0 Å². The molecule has 4 nitrogen and oxygen atoms in total. The summed E-state index contributed by atoms with van der Waals surface area (Å²) in [6.45, 7) is 1.89. The molecule has 0 saturated carbocycles. The smallest absolute Gasteiger partial charge is 0.423 e. The van der Waals surface area contributed by atoms with Gasteiger partial charge in [0.15, 0.2) is 4.73 Å². The van der Waals surface area contributed by atoms with E-state index in [1.54, 1.807) is 0 Å². The maximum absolute atomic E-state index is 8.89. The van der Waals surface area contributed by atoms with E-state index in [4.69, 9.17) is 10.0 Å². The highest BCUT2D eigenvalue weighted by Crippen LogP contribution is 2.01. The molecular formula is C6H8BBrN2O2. The van der Waals surface area contributed by atoms with Crippen molar-refractivity contribution in [2.24, 2.45) is 0 Å². The average molecular weight is 231 g/mol. The number of aryl methyl sites for hydroxylation is 1. The number of nitrogens with zero attached hydrogens (tertiary/aromatic N) is 2. The van der Waals surface area contributed by atoms with E-state index in [1.165, 1.54) is 6.20 Å². The number of rotatable bonds is 2. The third-order valence-electron chi connectivity index (χ3n) is 1.48. The molecule has 0 unspecified atom stereocenters. The molecule has 1 rings (SSSR count). The quantitative estimate of drug-likeness (QED) is 0.530. The Labute approximate surface area is 78.9 Å². The first kappa shape index (κ1) is 9.63. The minimum atomic E-state index is -1.49. The summed E-state index contributed by atoms with van der Waals surface area (Å²) in [6, 6.07) is 0.